The van der Waals surface area contributed by atoms with Crippen LogP contribution in [0.4, 0.5) is 0 Å². The summed E-state index contributed by atoms with van der Waals surface area (Å²) in [5, 5.41) is 0.873. The van der Waals surface area contributed by atoms with Crippen LogP contribution in [0.25, 0.3) is 11.0 Å². The number of methoxy groups -OCH3 is 1. The molecule has 0 fully saturated rings. The lowest BCUT2D eigenvalue weighted by molar-refractivity contribution is 0.101. The molecule has 0 amide bonds. The molecule has 0 radical (unpaired) electrons. The first-order valence-electron chi connectivity index (χ1n) is 5.80. The Labute approximate surface area is 109 Å². The molecule has 0 spiro atoms. The molecule has 0 bridgehead atoms. The number of hydrogen-bond donors (Lipinski definition) is 0. The van der Waals surface area contributed by atoms with Crippen LogP contribution in [-0.4, -0.2) is 17.9 Å². The maximum Gasteiger partial charge on any atom is 0.228 e. The third-order valence-electron chi connectivity index (χ3n) is 2.89. The Morgan fingerprint density at radius 1 is 1.16 bits per heavy atom. The highest BCUT2D eigenvalue weighted by molar-refractivity contribution is 6.08. The van der Waals surface area contributed by atoms with Gasteiger partial charge in [0.25, 0.3) is 0 Å². The highest BCUT2D eigenvalue weighted by Crippen LogP contribution is 2.25. The van der Waals surface area contributed by atoms with E-state index in [0.29, 0.717) is 22.7 Å². The molecule has 4 nitrogen and oxygen atoms in total. The van der Waals surface area contributed by atoms with E-state index in [2.05, 4.69) is 4.98 Å². The molecular formula is C15H11NO3. The average Bonchev–Trinajstić information content (AvgIpc) is 2.90. The Morgan fingerprint density at radius 2 is 1.95 bits per heavy atom. The number of hydrogen-bond acceptors (Lipinski definition) is 4. The van der Waals surface area contributed by atoms with Crippen LogP contribution in [0.2, 0.25) is 0 Å². The molecule has 0 saturated heterocycles. The summed E-state index contributed by atoms with van der Waals surface area (Å²) in [4.78, 5) is 16.1. The van der Waals surface area contributed by atoms with Crippen molar-refractivity contribution >= 4 is 16.8 Å². The van der Waals surface area contributed by atoms with Crippen molar-refractivity contribution in [3.05, 3.63) is 60.1 Å². The van der Waals surface area contributed by atoms with Crippen LogP contribution in [0.3, 0.4) is 0 Å². The molecule has 94 valence electrons. The Hall–Kier alpha value is -2.62. The van der Waals surface area contributed by atoms with E-state index in [-0.39, 0.29) is 5.78 Å². The van der Waals surface area contributed by atoms with Gasteiger partial charge >= 0.3 is 0 Å². The lowest BCUT2D eigenvalue weighted by Gasteiger charge is -1.97. The van der Waals surface area contributed by atoms with Gasteiger partial charge in [0.05, 0.1) is 7.11 Å². The fraction of sp³-hybridized carbons (Fsp3) is 0.0667. The summed E-state index contributed by atoms with van der Waals surface area (Å²) < 4.78 is 10.7. The Morgan fingerprint density at radius 3 is 2.68 bits per heavy atom. The predicted octanol–water partition coefficient (Wildman–Crippen LogP) is 3.07. The monoisotopic (exact) mass is 253 g/mol. The normalized spacial score (nSPS) is 10.6. The summed E-state index contributed by atoms with van der Waals surface area (Å²) in [7, 11) is 1.59. The van der Waals surface area contributed by atoms with Gasteiger partial charge in [-0.1, -0.05) is 0 Å². The summed E-state index contributed by atoms with van der Waals surface area (Å²) in [6.07, 6.45) is 3.16. The second-order valence-electron chi connectivity index (χ2n) is 4.08. The largest absolute Gasteiger partial charge is 0.497 e. The van der Waals surface area contributed by atoms with Gasteiger partial charge in [0.1, 0.15) is 11.3 Å². The fourth-order valence-corrected chi connectivity index (χ4v) is 1.90. The minimum Gasteiger partial charge on any atom is -0.497 e. The molecule has 1 aromatic carbocycles. The van der Waals surface area contributed by atoms with Gasteiger partial charge in [-0.3, -0.25) is 9.78 Å². The molecule has 0 aliphatic heterocycles. The number of carbonyl (C=O) groups excluding carboxylic acids is 1. The molecule has 0 atom stereocenters. The van der Waals surface area contributed by atoms with Gasteiger partial charge in [-0.25, -0.2) is 0 Å². The summed E-state index contributed by atoms with van der Waals surface area (Å²) >= 11 is 0. The van der Waals surface area contributed by atoms with Crippen LogP contribution in [0, 0.1) is 0 Å². The molecule has 3 rings (SSSR count). The summed E-state index contributed by atoms with van der Waals surface area (Å²) in [6, 6.07) is 10.5. The lowest BCUT2D eigenvalue weighted by atomic mass is 10.1. The van der Waals surface area contributed by atoms with Gasteiger partial charge in [-0.15, -0.1) is 0 Å². The van der Waals surface area contributed by atoms with E-state index >= 15 is 0 Å². The molecule has 2 aromatic heterocycles. The topological polar surface area (TPSA) is 52.3 Å². The Bertz CT molecular complexity index is 731. The van der Waals surface area contributed by atoms with E-state index < -0.39 is 0 Å². The van der Waals surface area contributed by atoms with Gasteiger partial charge in [-0.05, 0) is 30.3 Å². The van der Waals surface area contributed by atoms with Crippen molar-refractivity contribution < 1.29 is 13.9 Å². The van der Waals surface area contributed by atoms with E-state index in [1.165, 1.54) is 0 Å². The number of benzene rings is 1. The highest BCUT2D eigenvalue weighted by Gasteiger charge is 2.14. The van der Waals surface area contributed by atoms with E-state index in [4.69, 9.17) is 9.15 Å². The van der Waals surface area contributed by atoms with Gasteiger partial charge in [-0.2, -0.15) is 0 Å². The molecular weight excluding hydrogens is 242 g/mol. The molecule has 4 heteroatoms. The van der Waals surface area contributed by atoms with Crippen LogP contribution in [-0.2, 0) is 0 Å². The lowest BCUT2D eigenvalue weighted by Crippen LogP contribution is -1.98. The first kappa shape index (κ1) is 11.5. The molecule has 0 unspecified atom stereocenters. The number of nitrogens with zero attached hydrogens (tertiary/aromatic N) is 1. The number of pyridine rings is 1. The smallest absolute Gasteiger partial charge is 0.228 e. The van der Waals surface area contributed by atoms with Crippen LogP contribution in [0.15, 0.2) is 53.2 Å². The van der Waals surface area contributed by atoms with Crippen molar-refractivity contribution in [2.45, 2.75) is 0 Å². The molecule has 3 aromatic rings. The van der Waals surface area contributed by atoms with Crippen LogP contribution >= 0.6 is 0 Å². The fourth-order valence-electron chi connectivity index (χ4n) is 1.90. The third-order valence-corrected chi connectivity index (χ3v) is 2.89. The number of rotatable bonds is 3. The number of carbonyl (C=O) groups is 1. The van der Waals surface area contributed by atoms with Gasteiger partial charge in [0.15, 0.2) is 5.76 Å². The molecule has 0 saturated carbocycles. The van der Waals surface area contributed by atoms with Crippen molar-refractivity contribution in [2.75, 3.05) is 7.11 Å². The van der Waals surface area contributed by atoms with E-state index in [1.54, 1.807) is 43.8 Å². The Balaban J connectivity index is 2.04. The number of ether oxygens (including phenoxy) is 1. The van der Waals surface area contributed by atoms with Crippen molar-refractivity contribution in [3.8, 4) is 5.75 Å². The number of ketones is 1. The second-order valence-corrected chi connectivity index (χ2v) is 4.08. The van der Waals surface area contributed by atoms with E-state index in [9.17, 15) is 4.79 Å². The standard InChI is InChI=1S/C15H11NO3/c1-18-12-3-2-11-8-14(19-13(11)9-12)15(17)10-4-6-16-7-5-10/h2-9H,1H3. The third kappa shape index (κ3) is 2.08. The molecule has 19 heavy (non-hydrogen) atoms. The molecule has 2 heterocycles. The summed E-state index contributed by atoms with van der Waals surface area (Å²) in [5.41, 5.74) is 1.19. The Kier molecular flexibility index (Phi) is 2.76. The first-order chi connectivity index (χ1) is 9.28. The molecule has 0 aliphatic rings. The average molecular weight is 253 g/mol. The first-order valence-corrected chi connectivity index (χ1v) is 5.80. The number of furan rings is 1. The number of fused-ring (bicyclic) bond motifs is 1. The maximum absolute atomic E-state index is 12.2. The maximum atomic E-state index is 12.2. The van der Waals surface area contributed by atoms with Gasteiger partial charge in [0.2, 0.25) is 5.78 Å². The predicted molar refractivity (Wildman–Crippen MR) is 70.4 cm³/mol. The minimum atomic E-state index is -0.155. The van der Waals surface area contributed by atoms with Crippen LogP contribution in [0.5, 0.6) is 5.75 Å². The van der Waals surface area contributed by atoms with E-state index in [0.717, 1.165) is 5.39 Å². The molecule has 0 N–H and O–H groups in total. The highest BCUT2D eigenvalue weighted by atomic mass is 16.5. The quantitative estimate of drug-likeness (QED) is 0.673. The SMILES string of the molecule is COc1ccc2cc(C(=O)c3ccncc3)oc2c1. The van der Waals surface area contributed by atoms with Crippen molar-refractivity contribution in [3.63, 3.8) is 0 Å². The van der Waals surface area contributed by atoms with Gasteiger partial charge in [0, 0.05) is 29.4 Å². The molecule has 0 aliphatic carbocycles. The van der Waals surface area contributed by atoms with Crippen LogP contribution in [0.1, 0.15) is 16.1 Å². The minimum absolute atomic E-state index is 0.155. The van der Waals surface area contributed by atoms with Crippen molar-refractivity contribution in [2.24, 2.45) is 0 Å². The van der Waals surface area contributed by atoms with Crippen LogP contribution < -0.4 is 4.74 Å². The van der Waals surface area contributed by atoms with Crippen molar-refractivity contribution in [1.29, 1.82) is 0 Å². The summed E-state index contributed by atoms with van der Waals surface area (Å²) in [5.74, 6) is 0.858. The second kappa shape index (κ2) is 4.57. The van der Waals surface area contributed by atoms with Gasteiger partial charge < -0.3 is 9.15 Å². The zero-order valence-electron chi connectivity index (χ0n) is 10.3. The zero-order valence-corrected chi connectivity index (χ0v) is 10.3. The summed E-state index contributed by atoms with van der Waals surface area (Å²) in [6.45, 7) is 0. The zero-order chi connectivity index (χ0) is 13.2. The van der Waals surface area contributed by atoms with Crippen molar-refractivity contribution in [1.82, 2.24) is 4.98 Å². The van der Waals surface area contributed by atoms with E-state index in [1.807, 2.05) is 12.1 Å². The number of aromatic nitrogens is 1.